The Bertz CT molecular complexity index is 1390. The SMILES string of the molecule is O=C1C(=O)N(Cc2ccco2)C(c2ccc(OCc3ccccc3)cc2)/C1=C(/O)c1ccc(F)cc1. The van der Waals surface area contributed by atoms with Crippen molar-refractivity contribution in [3.05, 3.63) is 131 Å². The molecule has 0 aliphatic carbocycles. The molecule has 1 aliphatic heterocycles. The summed E-state index contributed by atoms with van der Waals surface area (Å²) in [7, 11) is 0. The molecule has 180 valence electrons. The number of benzene rings is 3. The van der Waals surface area contributed by atoms with E-state index in [9.17, 15) is 19.1 Å². The van der Waals surface area contributed by atoms with Crippen molar-refractivity contribution in [2.75, 3.05) is 0 Å². The van der Waals surface area contributed by atoms with E-state index in [1.54, 1.807) is 36.4 Å². The number of ketones is 1. The van der Waals surface area contributed by atoms with Gasteiger partial charge in [-0.25, -0.2) is 4.39 Å². The van der Waals surface area contributed by atoms with Gasteiger partial charge in [-0.15, -0.1) is 0 Å². The minimum Gasteiger partial charge on any atom is -0.507 e. The van der Waals surface area contributed by atoms with E-state index in [4.69, 9.17) is 9.15 Å². The number of hydrogen-bond donors (Lipinski definition) is 1. The van der Waals surface area contributed by atoms with Gasteiger partial charge in [-0.3, -0.25) is 9.59 Å². The van der Waals surface area contributed by atoms with Crippen LogP contribution in [0.5, 0.6) is 5.75 Å². The highest BCUT2D eigenvalue weighted by atomic mass is 19.1. The van der Waals surface area contributed by atoms with Crippen molar-refractivity contribution in [3.8, 4) is 5.75 Å². The van der Waals surface area contributed by atoms with Crippen LogP contribution in [0.3, 0.4) is 0 Å². The number of furan rings is 1. The van der Waals surface area contributed by atoms with Crippen molar-refractivity contribution in [3.63, 3.8) is 0 Å². The predicted molar refractivity (Wildman–Crippen MR) is 130 cm³/mol. The summed E-state index contributed by atoms with van der Waals surface area (Å²) in [4.78, 5) is 27.5. The van der Waals surface area contributed by atoms with Crippen molar-refractivity contribution >= 4 is 17.4 Å². The van der Waals surface area contributed by atoms with Gasteiger partial charge in [0.2, 0.25) is 0 Å². The Morgan fingerprint density at radius 3 is 2.31 bits per heavy atom. The third-order valence-electron chi connectivity index (χ3n) is 6.01. The van der Waals surface area contributed by atoms with Crippen LogP contribution in [0.2, 0.25) is 0 Å². The summed E-state index contributed by atoms with van der Waals surface area (Å²) in [6.45, 7) is 0.427. The van der Waals surface area contributed by atoms with E-state index in [1.165, 1.54) is 35.4 Å². The molecular formula is C29H22FNO5. The summed E-state index contributed by atoms with van der Waals surface area (Å²) >= 11 is 0. The van der Waals surface area contributed by atoms with Gasteiger partial charge in [0.1, 0.15) is 29.7 Å². The first-order valence-corrected chi connectivity index (χ1v) is 11.3. The average Bonchev–Trinajstić information content (AvgIpc) is 3.51. The first-order chi connectivity index (χ1) is 17.5. The Kier molecular flexibility index (Phi) is 6.36. The Morgan fingerprint density at radius 2 is 1.64 bits per heavy atom. The molecule has 1 amide bonds. The molecule has 7 heteroatoms. The van der Waals surface area contributed by atoms with Crippen LogP contribution in [-0.4, -0.2) is 21.7 Å². The van der Waals surface area contributed by atoms with Crippen molar-refractivity contribution < 1.29 is 28.2 Å². The third kappa shape index (κ3) is 4.63. The van der Waals surface area contributed by atoms with Crippen LogP contribution >= 0.6 is 0 Å². The first-order valence-electron chi connectivity index (χ1n) is 11.3. The van der Waals surface area contributed by atoms with Crippen LogP contribution in [-0.2, 0) is 22.7 Å². The topological polar surface area (TPSA) is 80.0 Å². The van der Waals surface area contributed by atoms with Gasteiger partial charge in [-0.1, -0.05) is 42.5 Å². The van der Waals surface area contributed by atoms with Gasteiger partial charge in [0.15, 0.2) is 0 Å². The number of likely N-dealkylation sites (tertiary alicyclic amines) is 1. The lowest BCUT2D eigenvalue weighted by molar-refractivity contribution is -0.140. The fraction of sp³-hybridized carbons (Fsp3) is 0.103. The fourth-order valence-corrected chi connectivity index (χ4v) is 4.21. The molecule has 0 radical (unpaired) electrons. The van der Waals surface area contributed by atoms with E-state index in [0.717, 1.165) is 5.56 Å². The van der Waals surface area contributed by atoms with Crippen LogP contribution in [0.25, 0.3) is 5.76 Å². The lowest BCUT2D eigenvalue weighted by Gasteiger charge is -2.24. The summed E-state index contributed by atoms with van der Waals surface area (Å²) in [5.41, 5.74) is 1.79. The minimum absolute atomic E-state index is 0.0364. The molecule has 2 heterocycles. The van der Waals surface area contributed by atoms with Gasteiger partial charge < -0.3 is 19.2 Å². The van der Waals surface area contributed by atoms with Gasteiger partial charge >= 0.3 is 0 Å². The van der Waals surface area contributed by atoms with E-state index in [1.807, 2.05) is 30.3 Å². The van der Waals surface area contributed by atoms with E-state index in [2.05, 4.69) is 0 Å². The predicted octanol–water partition coefficient (Wildman–Crippen LogP) is 5.62. The van der Waals surface area contributed by atoms with Gasteiger partial charge in [-0.2, -0.15) is 0 Å². The Labute approximate surface area is 206 Å². The number of carbonyl (C=O) groups excluding carboxylic acids is 2. The smallest absolute Gasteiger partial charge is 0.296 e. The van der Waals surface area contributed by atoms with Crippen molar-refractivity contribution in [2.24, 2.45) is 0 Å². The molecule has 4 aromatic rings. The molecule has 1 atom stereocenters. The highest BCUT2D eigenvalue weighted by molar-refractivity contribution is 6.46. The lowest BCUT2D eigenvalue weighted by atomic mass is 9.95. The molecule has 1 N–H and O–H groups in total. The molecular weight excluding hydrogens is 461 g/mol. The van der Waals surface area contributed by atoms with E-state index in [-0.39, 0.29) is 23.4 Å². The van der Waals surface area contributed by atoms with Crippen molar-refractivity contribution in [1.82, 2.24) is 4.90 Å². The molecule has 1 fully saturated rings. The molecule has 1 unspecified atom stereocenters. The number of halogens is 1. The Hall–Kier alpha value is -4.65. The zero-order chi connectivity index (χ0) is 25.1. The molecule has 1 aromatic heterocycles. The summed E-state index contributed by atoms with van der Waals surface area (Å²) in [6.07, 6.45) is 1.48. The molecule has 0 saturated carbocycles. The molecule has 36 heavy (non-hydrogen) atoms. The fourth-order valence-electron chi connectivity index (χ4n) is 4.21. The summed E-state index contributed by atoms with van der Waals surface area (Å²) in [5.74, 6) is -1.32. The summed E-state index contributed by atoms with van der Waals surface area (Å²) in [5, 5.41) is 11.0. The Morgan fingerprint density at radius 1 is 0.917 bits per heavy atom. The number of Topliss-reactive ketones (excluding diaryl/α,β-unsaturated/α-hetero) is 1. The molecule has 5 rings (SSSR count). The standard InChI is InChI=1S/C29H22FNO5/c30-22-12-8-21(9-13-22)27(32)25-26(31(29(34)28(25)33)17-24-7-4-16-35-24)20-10-14-23(15-11-20)36-18-19-5-2-1-3-6-19/h1-16,26,32H,17-18H2/b27-25-. The van der Waals surface area contributed by atoms with Crippen LogP contribution in [0.15, 0.2) is 107 Å². The maximum atomic E-state index is 13.4. The second-order valence-corrected chi connectivity index (χ2v) is 8.36. The number of hydrogen-bond acceptors (Lipinski definition) is 5. The molecule has 1 aliphatic rings. The van der Waals surface area contributed by atoms with Gasteiger partial charge in [0, 0.05) is 5.56 Å². The van der Waals surface area contributed by atoms with E-state index in [0.29, 0.717) is 23.7 Å². The molecule has 0 spiro atoms. The number of carbonyl (C=O) groups is 2. The lowest BCUT2D eigenvalue weighted by Crippen LogP contribution is -2.29. The monoisotopic (exact) mass is 483 g/mol. The second kappa shape index (κ2) is 9.92. The normalized spacial score (nSPS) is 16.9. The number of aliphatic hydroxyl groups is 1. The number of amides is 1. The van der Waals surface area contributed by atoms with E-state index >= 15 is 0 Å². The van der Waals surface area contributed by atoms with Crippen molar-refractivity contribution in [2.45, 2.75) is 19.2 Å². The third-order valence-corrected chi connectivity index (χ3v) is 6.01. The van der Waals surface area contributed by atoms with Crippen LogP contribution in [0.1, 0.15) is 28.5 Å². The summed E-state index contributed by atoms with van der Waals surface area (Å²) in [6, 6.07) is 24.4. The zero-order valence-electron chi connectivity index (χ0n) is 19.1. The first kappa shape index (κ1) is 23.1. The molecule has 6 nitrogen and oxygen atoms in total. The number of rotatable bonds is 7. The van der Waals surface area contributed by atoms with Crippen LogP contribution in [0, 0.1) is 5.82 Å². The van der Waals surface area contributed by atoms with Crippen LogP contribution < -0.4 is 4.74 Å². The van der Waals surface area contributed by atoms with E-state index < -0.39 is 23.5 Å². The highest BCUT2D eigenvalue weighted by Gasteiger charge is 2.46. The number of nitrogens with zero attached hydrogens (tertiary/aromatic N) is 1. The van der Waals surface area contributed by atoms with Gasteiger partial charge in [0.25, 0.3) is 11.7 Å². The average molecular weight is 483 g/mol. The second-order valence-electron chi connectivity index (χ2n) is 8.36. The van der Waals surface area contributed by atoms with Gasteiger partial charge in [-0.05, 0) is 59.7 Å². The zero-order valence-corrected chi connectivity index (χ0v) is 19.1. The van der Waals surface area contributed by atoms with Gasteiger partial charge in [0.05, 0.1) is 24.4 Å². The largest absolute Gasteiger partial charge is 0.507 e. The molecule has 1 saturated heterocycles. The maximum Gasteiger partial charge on any atom is 0.296 e. The summed E-state index contributed by atoms with van der Waals surface area (Å²) < 4.78 is 24.7. The quantitative estimate of drug-likeness (QED) is 0.210. The highest BCUT2D eigenvalue weighted by Crippen LogP contribution is 2.40. The Balaban J connectivity index is 1.50. The minimum atomic E-state index is -0.872. The van der Waals surface area contributed by atoms with Crippen LogP contribution in [0.4, 0.5) is 4.39 Å². The molecule has 3 aromatic carbocycles. The molecule has 0 bridgehead atoms. The maximum absolute atomic E-state index is 13.4. The number of aliphatic hydroxyl groups excluding tert-OH is 1. The van der Waals surface area contributed by atoms with Crippen molar-refractivity contribution in [1.29, 1.82) is 0 Å². The number of ether oxygens (including phenoxy) is 1.